The van der Waals surface area contributed by atoms with Gasteiger partial charge in [-0.15, -0.1) is 11.3 Å². The first kappa shape index (κ1) is 24.9. The fourth-order valence-electron chi connectivity index (χ4n) is 2.34. The van der Waals surface area contributed by atoms with Gasteiger partial charge in [-0.2, -0.15) is 18.2 Å². The molecule has 0 aliphatic rings. The SMILES string of the molecule is CC.CC.FC(F)(F)c1nc(-c2ccc(CN(c3cncnc3)c3cnccn3)s2)no1. The summed E-state index contributed by atoms with van der Waals surface area (Å²) in [4.78, 5) is 22.9. The molecule has 0 spiro atoms. The zero-order valence-electron chi connectivity index (χ0n) is 17.9. The van der Waals surface area contributed by atoms with Crippen molar-refractivity contribution in [1.82, 2.24) is 30.1 Å². The maximum absolute atomic E-state index is 12.6. The molecule has 0 amide bonds. The third-order valence-electron chi connectivity index (χ3n) is 3.55. The molecule has 4 aromatic heterocycles. The minimum atomic E-state index is -4.68. The van der Waals surface area contributed by atoms with Crippen LogP contribution in [-0.4, -0.2) is 30.1 Å². The molecule has 0 radical (unpaired) electrons. The normalized spacial score (nSPS) is 10.5. The fraction of sp³-hybridized carbons (Fsp3) is 0.300. The summed E-state index contributed by atoms with van der Waals surface area (Å²) < 4.78 is 42.2. The standard InChI is InChI=1S/C16H10F3N7OS.2C2H6/c17-16(18,19)15-24-14(25-27-15)12-2-1-11(28-12)8-26(10-5-21-9-22-6-10)13-7-20-3-4-23-13;2*1-2/h1-7,9H,8H2;2*1-2H3. The van der Waals surface area contributed by atoms with Crippen molar-refractivity contribution in [2.75, 3.05) is 4.90 Å². The average Bonchev–Trinajstić information content (AvgIpc) is 3.51. The van der Waals surface area contributed by atoms with Gasteiger partial charge in [-0.3, -0.25) is 4.98 Å². The Hall–Kier alpha value is -3.41. The van der Waals surface area contributed by atoms with Crippen molar-refractivity contribution in [2.24, 2.45) is 0 Å². The van der Waals surface area contributed by atoms with E-state index in [0.717, 1.165) is 4.88 Å². The lowest BCUT2D eigenvalue weighted by atomic mass is 10.3. The van der Waals surface area contributed by atoms with Crippen LogP contribution in [0.5, 0.6) is 0 Å². The molecule has 0 unspecified atom stereocenters. The molecule has 0 saturated carbocycles. The van der Waals surface area contributed by atoms with Crippen molar-refractivity contribution in [3.8, 4) is 10.7 Å². The molecule has 8 nitrogen and oxygen atoms in total. The van der Waals surface area contributed by atoms with Crippen molar-refractivity contribution in [2.45, 2.75) is 40.4 Å². The maximum atomic E-state index is 12.6. The number of anilines is 2. The second-order valence-electron chi connectivity index (χ2n) is 5.43. The number of thiophene rings is 1. The van der Waals surface area contributed by atoms with Crippen molar-refractivity contribution >= 4 is 22.8 Å². The van der Waals surface area contributed by atoms with Crippen LogP contribution in [0, 0.1) is 0 Å². The number of rotatable bonds is 5. The van der Waals surface area contributed by atoms with E-state index in [1.54, 1.807) is 43.1 Å². The molecule has 0 aromatic carbocycles. The lowest BCUT2D eigenvalue weighted by Gasteiger charge is -2.21. The molecule has 0 N–H and O–H groups in total. The summed E-state index contributed by atoms with van der Waals surface area (Å²) >= 11 is 1.24. The van der Waals surface area contributed by atoms with E-state index in [1.807, 2.05) is 32.6 Å². The number of aromatic nitrogens is 6. The second-order valence-corrected chi connectivity index (χ2v) is 6.60. The van der Waals surface area contributed by atoms with Crippen molar-refractivity contribution in [1.29, 1.82) is 0 Å². The van der Waals surface area contributed by atoms with E-state index in [1.165, 1.54) is 17.7 Å². The Labute approximate surface area is 187 Å². The summed E-state index contributed by atoms with van der Waals surface area (Å²) in [7, 11) is 0. The minimum Gasteiger partial charge on any atom is -0.329 e. The molecule has 4 aromatic rings. The van der Waals surface area contributed by atoms with Crippen LogP contribution in [0.25, 0.3) is 10.7 Å². The third kappa shape index (κ3) is 6.30. The summed E-state index contributed by atoms with van der Waals surface area (Å²) in [6.07, 6.45) is 4.70. The van der Waals surface area contributed by atoms with Crippen LogP contribution in [0.4, 0.5) is 24.7 Å². The molecule has 32 heavy (non-hydrogen) atoms. The van der Waals surface area contributed by atoms with Gasteiger partial charge in [-0.1, -0.05) is 32.9 Å². The quantitative estimate of drug-likeness (QED) is 0.366. The van der Waals surface area contributed by atoms with Gasteiger partial charge in [-0.05, 0) is 12.1 Å². The zero-order chi connectivity index (χ0) is 23.6. The van der Waals surface area contributed by atoms with Crippen LogP contribution < -0.4 is 4.90 Å². The largest absolute Gasteiger partial charge is 0.471 e. The molecule has 0 saturated heterocycles. The van der Waals surface area contributed by atoms with Crippen molar-refractivity contribution in [3.05, 3.63) is 60.2 Å². The highest BCUT2D eigenvalue weighted by atomic mass is 32.1. The molecule has 0 fully saturated rings. The Morgan fingerprint density at radius 2 is 1.69 bits per heavy atom. The van der Waals surface area contributed by atoms with E-state index in [4.69, 9.17) is 0 Å². The molecular formula is C20H22F3N7OS. The highest BCUT2D eigenvalue weighted by Gasteiger charge is 2.38. The second kappa shape index (κ2) is 11.8. The van der Waals surface area contributed by atoms with Gasteiger partial charge in [-0.25, -0.2) is 15.0 Å². The molecule has 0 aliphatic heterocycles. The Bertz CT molecular complexity index is 1020. The average molecular weight is 466 g/mol. The molecule has 0 bridgehead atoms. The predicted molar refractivity (Wildman–Crippen MR) is 115 cm³/mol. The fourth-order valence-corrected chi connectivity index (χ4v) is 3.27. The topological polar surface area (TPSA) is 93.7 Å². The van der Waals surface area contributed by atoms with Gasteiger partial charge in [0.05, 0.1) is 35.7 Å². The third-order valence-corrected chi connectivity index (χ3v) is 4.62. The van der Waals surface area contributed by atoms with Crippen molar-refractivity contribution < 1.29 is 17.7 Å². The van der Waals surface area contributed by atoms with Crippen molar-refractivity contribution in [3.63, 3.8) is 0 Å². The van der Waals surface area contributed by atoms with Crippen LogP contribution >= 0.6 is 11.3 Å². The van der Waals surface area contributed by atoms with Gasteiger partial charge in [0.15, 0.2) is 5.82 Å². The first-order valence-corrected chi connectivity index (χ1v) is 10.6. The number of hydrogen-bond acceptors (Lipinski definition) is 9. The molecule has 12 heteroatoms. The van der Waals surface area contributed by atoms with E-state index in [9.17, 15) is 13.2 Å². The van der Waals surface area contributed by atoms with E-state index < -0.39 is 12.1 Å². The Morgan fingerprint density at radius 1 is 0.969 bits per heavy atom. The molecule has 0 atom stereocenters. The monoisotopic (exact) mass is 465 g/mol. The maximum Gasteiger partial charge on any atom is 0.471 e. The van der Waals surface area contributed by atoms with Gasteiger partial charge in [0.1, 0.15) is 6.33 Å². The number of halogens is 3. The van der Waals surface area contributed by atoms with E-state index in [0.29, 0.717) is 22.9 Å². The van der Waals surface area contributed by atoms with E-state index in [-0.39, 0.29) is 5.82 Å². The predicted octanol–water partition coefficient (Wildman–Crippen LogP) is 5.79. The molecule has 0 aliphatic carbocycles. The zero-order valence-corrected chi connectivity index (χ0v) is 18.7. The van der Waals surface area contributed by atoms with Crippen LogP contribution in [-0.2, 0) is 12.7 Å². The van der Waals surface area contributed by atoms with Crippen LogP contribution in [0.2, 0.25) is 0 Å². The molecule has 4 heterocycles. The Balaban J connectivity index is 0.000000860. The molecule has 4 rings (SSSR count). The summed E-state index contributed by atoms with van der Waals surface area (Å²) in [5, 5.41) is 3.41. The first-order valence-electron chi connectivity index (χ1n) is 9.79. The molecule has 170 valence electrons. The van der Waals surface area contributed by atoms with Gasteiger partial charge in [0.25, 0.3) is 0 Å². The summed E-state index contributed by atoms with van der Waals surface area (Å²) in [5.74, 6) is -0.913. The van der Waals surface area contributed by atoms with E-state index >= 15 is 0 Å². The van der Waals surface area contributed by atoms with Crippen LogP contribution in [0.1, 0.15) is 38.5 Å². The highest BCUT2D eigenvalue weighted by molar-refractivity contribution is 7.15. The van der Waals surface area contributed by atoms with Gasteiger partial charge < -0.3 is 9.42 Å². The lowest BCUT2D eigenvalue weighted by Crippen LogP contribution is -2.17. The number of nitrogens with zero attached hydrogens (tertiary/aromatic N) is 7. The van der Waals surface area contributed by atoms with Gasteiger partial charge >= 0.3 is 12.1 Å². The summed E-state index contributed by atoms with van der Waals surface area (Å²) in [6, 6.07) is 3.41. The Morgan fingerprint density at radius 3 is 2.28 bits per heavy atom. The smallest absolute Gasteiger partial charge is 0.329 e. The summed E-state index contributed by atoms with van der Waals surface area (Å²) in [5.41, 5.74) is 0.692. The van der Waals surface area contributed by atoms with Crippen LogP contribution in [0.3, 0.4) is 0 Å². The van der Waals surface area contributed by atoms with Gasteiger partial charge in [0.2, 0.25) is 5.82 Å². The number of alkyl halides is 3. The highest BCUT2D eigenvalue weighted by Crippen LogP contribution is 2.33. The number of hydrogen-bond donors (Lipinski definition) is 0. The molecular weight excluding hydrogens is 443 g/mol. The van der Waals surface area contributed by atoms with Gasteiger partial charge in [0, 0.05) is 17.3 Å². The van der Waals surface area contributed by atoms with E-state index in [2.05, 4.69) is 34.6 Å². The van der Waals surface area contributed by atoms with Crippen LogP contribution in [0.15, 0.2) is 54.0 Å². The lowest BCUT2D eigenvalue weighted by molar-refractivity contribution is -0.159. The first-order chi connectivity index (χ1) is 15.5. The minimum absolute atomic E-state index is 0.113. The summed E-state index contributed by atoms with van der Waals surface area (Å²) in [6.45, 7) is 8.38. The Kier molecular flexibility index (Phi) is 9.20.